The average molecular weight is 338 g/mol. The van der Waals surface area contributed by atoms with E-state index >= 15 is 0 Å². The highest BCUT2D eigenvalue weighted by Gasteiger charge is 2.23. The third kappa shape index (κ3) is 6.73. The first kappa shape index (κ1) is 19.0. The second-order valence-corrected chi connectivity index (χ2v) is 5.94. The number of aryl methyl sites for hydroxylation is 1. The Morgan fingerprint density at radius 3 is 2.65 bits per heavy atom. The van der Waals surface area contributed by atoms with E-state index in [4.69, 9.17) is 4.74 Å². The number of likely N-dealkylation sites (N-methyl/N-ethyl adjacent to an activating group) is 1. The van der Waals surface area contributed by atoms with Gasteiger partial charge in [0.05, 0.1) is 0 Å². The fourth-order valence-corrected chi connectivity index (χ4v) is 2.29. The lowest BCUT2D eigenvalue weighted by atomic mass is 10.1. The molecule has 0 heterocycles. The summed E-state index contributed by atoms with van der Waals surface area (Å²) in [5, 5.41) is 5.05. The van der Waals surface area contributed by atoms with Crippen LogP contribution >= 0.6 is 11.8 Å². The van der Waals surface area contributed by atoms with Crippen molar-refractivity contribution in [3.05, 3.63) is 35.4 Å². The highest BCUT2D eigenvalue weighted by Crippen LogP contribution is 2.07. The molecule has 0 fully saturated rings. The van der Waals surface area contributed by atoms with Crippen LogP contribution in [0.1, 0.15) is 22.3 Å². The van der Waals surface area contributed by atoms with Gasteiger partial charge < -0.3 is 15.4 Å². The number of amides is 2. The van der Waals surface area contributed by atoms with Crippen molar-refractivity contribution >= 4 is 29.5 Å². The van der Waals surface area contributed by atoms with Gasteiger partial charge in [0.25, 0.3) is 11.8 Å². The molecule has 23 heavy (non-hydrogen) atoms. The number of carbonyl (C=O) groups excluding carboxylic acids is 3. The topological polar surface area (TPSA) is 84.5 Å². The molecule has 1 aromatic rings. The van der Waals surface area contributed by atoms with E-state index in [0.29, 0.717) is 17.7 Å². The summed E-state index contributed by atoms with van der Waals surface area (Å²) < 4.78 is 4.94. The number of nitrogens with one attached hydrogen (secondary N) is 2. The van der Waals surface area contributed by atoms with Crippen molar-refractivity contribution in [1.82, 2.24) is 10.6 Å². The summed E-state index contributed by atoms with van der Waals surface area (Å²) >= 11 is 1.56. The maximum atomic E-state index is 12.3. The van der Waals surface area contributed by atoms with E-state index in [1.165, 1.54) is 7.05 Å². The standard InChI is InChI=1S/C16H22N2O4S/c1-11-5-4-6-12(9-11)15(20)18-13(7-8-23-3)16(21)22-10-14(19)17-2/h4-6,9,13H,7-8,10H2,1-3H3,(H,17,19)(H,18,20)/t13-/m1/s1. The summed E-state index contributed by atoms with van der Waals surface area (Å²) in [6.07, 6.45) is 2.35. The van der Waals surface area contributed by atoms with Crippen molar-refractivity contribution in [2.75, 3.05) is 25.7 Å². The summed E-state index contributed by atoms with van der Waals surface area (Å²) in [6, 6.07) is 6.32. The van der Waals surface area contributed by atoms with Crippen molar-refractivity contribution in [1.29, 1.82) is 0 Å². The summed E-state index contributed by atoms with van der Waals surface area (Å²) in [6.45, 7) is 1.53. The van der Waals surface area contributed by atoms with Crippen LogP contribution in [0.4, 0.5) is 0 Å². The minimum Gasteiger partial charge on any atom is -0.454 e. The molecule has 1 rings (SSSR count). The largest absolute Gasteiger partial charge is 0.454 e. The first-order valence-corrected chi connectivity index (χ1v) is 8.61. The molecule has 6 nitrogen and oxygen atoms in total. The SMILES string of the molecule is CNC(=O)COC(=O)[C@@H](CCSC)NC(=O)c1cccc(C)c1. The summed E-state index contributed by atoms with van der Waals surface area (Å²) in [4.78, 5) is 35.5. The molecule has 0 unspecified atom stereocenters. The summed E-state index contributed by atoms with van der Waals surface area (Å²) in [5.41, 5.74) is 1.44. The zero-order valence-corrected chi connectivity index (χ0v) is 14.4. The van der Waals surface area contributed by atoms with Crippen LogP contribution in [0.15, 0.2) is 24.3 Å². The van der Waals surface area contributed by atoms with Gasteiger partial charge in [-0.1, -0.05) is 17.7 Å². The third-order valence-electron chi connectivity index (χ3n) is 3.11. The highest BCUT2D eigenvalue weighted by atomic mass is 32.2. The number of benzene rings is 1. The van der Waals surface area contributed by atoms with Crippen molar-refractivity contribution in [3.63, 3.8) is 0 Å². The Morgan fingerprint density at radius 2 is 2.04 bits per heavy atom. The van der Waals surface area contributed by atoms with Crippen LogP contribution in [-0.2, 0) is 14.3 Å². The molecule has 1 aromatic carbocycles. The fraction of sp³-hybridized carbons (Fsp3) is 0.438. The Kier molecular flexibility index (Phi) is 8.18. The number of esters is 1. The van der Waals surface area contributed by atoms with Crippen LogP contribution in [0.2, 0.25) is 0 Å². The predicted octanol–water partition coefficient (Wildman–Crippen LogP) is 1.14. The zero-order chi connectivity index (χ0) is 17.2. The number of thioether (sulfide) groups is 1. The molecule has 0 aliphatic rings. The van der Waals surface area contributed by atoms with E-state index in [1.807, 2.05) is 19.2 Å². The van der Waals surface area contributed by atoms with E-state index in [-0.39, 0.29) is 12.5 Å². The number of carbonyl (C=O) groups is 3. The van der Waals surface area contributed by atoms with E-state index < -0.39 is 17.9 Å². The van der Waals surface area contributed by atoms with Crippen LogP contribution in [0.3, 0.4) is 0 Å². The van der Waals surface area contributed by atoms with Crippen molar-refractivity contribution in [3.8, 4) is 0 Å². The Hall–Kier alpha value is -2.02. The smallest absolute Gasteiger partial charge is 0.329 e. The first-order valence-electron chi connectivity index (χ1n) is 7.21. The normalized spacial score (nSPS) is 11.4. The Labute approximate surface area is 140 Å². The van der Waals surface area contributed by atoms with Gasteiger partial charge in [0, 0.05) is 12.6 Å². The van der Waals surface area contributed by atoms with Gasteiger partial charge in [-0.05, 0) is 37.5 Å². The molecular weight excluding hydrogens is 316 g/mol. The predicted molar refractivity (Wildman–Crippen MR) is 90.5 cm³/mol. The van der Waals surface area contributed by atoms with Gasteiger partial charge in [-0.2, -0.15) is 11.8 Å². The Morgan fingerprint density at radius 1 is 1.30 bits per heavy atom. The molecular formula is C16H22N2O4S. The molecule has 0 bridgehead atoms. The minimum absolute atomic E-state index is 0.336. The maximum absolute atomic E-state index is 12.3. The first-order chi connectivity index (χ1) is 11.0. The lowest BCUT2D eigenvalue weighted by Gasteiger charge is -2.17. The minimum atomic E-state index is -0.778. The molecule has 0 saturated carbocycles. The molecule has 0 aromatic heterocycles. The molecule has 2 N–H and O–H groups in total. The molecule has 126 valence electrons. The van der Waals surface area contributed by atoms with E-state index in [1.54, 1.807) is 30.0 Å². The molecule has 7 heteroatoms. The van der Waals surface area contributed by atoms with Crippen LogP contribution < -0.4 is 10.6 Å². The fourth-order valence-electron chi connectivity index (χ4n) is 1.82. The molecule has 0 spiro atoms. The second kappa shape index (κ2) is 9.89. The van der Waals surface area contributed by atoms with Crippen LogP contribution in [0.25, 0.3) is 0 Å². The van der Waals surface area contributed by atoms with Gasteiger partial charge in [-0.15, -0.1) is 0 Å². The number of hydrogen-bond donors (Lipinski definition) is 2. The molecule has 0 aliphatic heterocycles. The molecule has 0 saturated heterocycles. The van der Waals surface area contributed by atoms with Crippen LogP contribution in [0.5, 0.6) is 0 Å². The summed E-state index contributed by atoms with van der Waals surface area (Å²) in [5.74, 6) is -0.652. The van der Waals surface area contributed by atoms with Gasteiger partial charge in [0.2, 0.25) is 0 Å². The molecule has 2 amide bonds. The zero-order valence-electron chi connectivity index (χ0n) is 13.5. The number of hydrogen-bond acceptors (Lipinski definition) is 5. The van der Waals surface area contributed by atoms with Gasteiger partial charge >= 0.3 is 5.97 Å². The van der Waals surface area contributed by atoms with E-state index in [9.17, 15) is 14.4 Å². The third-order valence-corrected chi connectivity index (χ3v) is 3.75. The average Bonchev–Trinajstić information content (AvgIpc) is 2.55. The number of rotatable bonds is 8. The van der Waals surface area contributed by atoms with Gasteiger partial charge in [0.15, 0.2) is 6.61 Å². The van der Waals surface area contributed by atoms with E-state index in [2.05, 4.69) is 10.6 Å². The highest BCUT2D eigenvalue weighted by molar-refractivity contribution is 7.98. The number of ether oxygens (including phenoxy) is 1. The Bertz CT molecular complexity index is 563. The van der Waals surface area contributed by atoms with Crippen LogP contribution in [0, 0.1) is 6.92 Å². The van der Waals surface area contributed by atoms with Crippen LogP contribution in [-0.4, -0.2) is 49.5 Å². The monoisotopic (exact) mass is 338 g/mol. The maximum Gasteiger partial charge on any atom is 0.329 e. The van der Waals surface area contributed by atoms with Gasteiger partial charge in [0.1, 0.15) is 6.04 Å². The van der Waals surface area contributed by atoms with Crippen molar-refractivity contribution in [2.45, 2.75) is 19.4 Å². The second-order valence-electron chi connectivity index (χ2n) is 4.96. The summed E-state index contributed by atoms with van der Waals surface area (Å²) in [7, 11) is 1.46. The van der Waals surface area contributed by atoms with Gasteiger partial charge in [-0.25, -0.2) is 4.79 Å². The van der Waals surface area contributed by atoms with Crippen molar-refractivity contribution in [2.24, 2.45) is 0 Å². The quantitative estimate of drug-likeness (QED) is 0.694. The molecule has 0 radical (unpaired) electrons. The lowest BCUT2D eigenvalue weighted by Crippen LogP contribution is -2.43. The molecule has 0 aliphatic carbocycles. The lowest BCUT2D eigenvalue weighted by molar-refractivity contribution is -0.150. The van der Waals surface area contributed by atoms with Crippen molar-refractivity contribution < 1.29 is 19.1 Å². The van der Waals surface area contributed by atoms with Gasteiger partial charge in [-0.3, -0.25) is 9.59 Å². The Balaban J connectivity index is 2.71. The molecule has 1 atom stereocenters. The van der Waals surface area contributed by atoms with E-state index in [0.717, 1.165) is 5.56 Å².